The SMILES string of the molecule is CC(C)(Cl)N=NC(=O)c1ccccc1. The molecule has 3 nitrogen and oxygen atoms in total. The second-order valence-electron chi connectivity index (χ2n) is 3.28. The number of alkyl halides is 1. The Morgan fingerprint density at radius 1 is 1.29 bits per heavy atom. The van der Waals surface area contributed by atoms with E-state index < -0.39 is 5.00 Å². The van der Waals surface area contributed by atoms with E-state index in [4.69, 9.17) is 11.6 Å². The van der Waals surface area contributed by atoms with E-state index >= 15 is 0 Å². The summed E-state index contributed by atoms with van der Waals surface area (Å²) in [4.78, 5) is 10.5. The van der Waals surface area contributed by atoms with Crippen molar-refractivity contribution in [3.63, 3.8) is 0 Å². The van der Waals surface area contributed by atoms with Gasteiger partial charge >= 0.3 is 0 Å². The molecule has 0 saturated heterocycles. The highest BCUT2D eigenvalue weighted by atomic mass is 35.5. The van der Waals surface area contributed by atoms with Crippen LogP contribution in [0.2, 0.25) is 0 Å². The van der Waals surface area contributed by atoms with Gasteiger partial charge in [0.2, 0.25) is 0 Å². The first-order valence-corrected chi connectivity index (χ1v) is 4.58. The number of benzene rings is 1. The molecule has 0 radical (unpaired) electrons. The zero-order valence-corrected chi connectivity index (χ0v) is 8.82. The summed E-state index contributed by atoms with van der Waals surface area (Å²) in [7, 11) is 0. The number of carbonyl (C=O) groups excluding carboxylic acids is 1. The Morgan fingerprint density at radius 2 is 1.86 bits per heavy atom. The van der Waals surface area contributed by atoms with Crippen molar-refractivity contribution in [1.82, 2.24) is 0 Å². The van der Waals surface area contributed by atoms with Crippen molar-refractivity contribution in [3.05, 3.63) is 35.9 Å². The molecule has 0 fully saturated rings. The fourth-order valence-electron chi connectivity index (χ4n) is 0.803. The molecule has 0 aliphatic rings. The molecule has 0 aliphatic heterocycles. The van der Waals surface area contributed by atoms with E-state index in [0.717, 1.165) is 0 Å². The minimum absolute atomic E-state index is 0.376. The highest BCUT2D eigenvalue weighted by molar-refractivity contribution is 6.23. The summed E-state index contributed by atoms with van der Waals surface area (Å²) in [5, 5.41) is 7.19. The van der Waals surface area contributed by atoms with Crippen molar-refractivity contribution >= 4 is 17.5 Å². The maximum Gasteiger partial charge on any atom is 0.295 e. The standard InChI is InChI=1S/C10H11ClN2O/c1-10(2,11)13-12-9(14)8-6-4-3-5-7-8/h3-7H,1-2H3. The number of hydrogen-bond acceptors (Lipinski definition) is 2. The predicted molar refractivity (Wildman–Crippen MR) is 55.6 cm³/mol. The van der Waals surface area contributed by atoms with Gasteiger partial charge in [0, 0.05) is 5.56 Å². The monoisotopic (exact) mass is 210 g/mol. The van der Waals surface area contributed by atoms with Crippen LogP contribution < -0.4 is 0 Å². The zero-order valence-electron chi connectivity index (χ0n) is 8.07. The lowest BCUT2D eigenvalue weighted by molar-refractivity contribution is 0.0991. The van der Waals surface area contributed by atoms with E-state index in [0.29, 0.717) is 5.56 Å². The molecule has 0 aromatic heterocycles. The molecular formula is C10H11ClN2O. The first-order valence-electron chi connectivity index (χ1n) is 4.20. The fourth-order valence-corrected chi connectivity index (χ4v) is 0.841. The van der Waals surface area contributed by atoms with Crippen molar-refractivity contribution in [2.45, 2.75) is 18.8 Å². The summed E-state index contributed by atoms with van der Waals surface area (Å²) in [5.74, 6) is -0.376. The quantitative estimate of drug-likeness (QED) is 0.420. The minimum Gasteiger partial charge on any atom is -0.265 e. The Balaban J connectivity index is 2.74. The third-order valence-corrected chi connectivity index (χ3v) is 1.47. The van der Waals surface area contributed by atoms with Gasteiger partial charge in [-0.1, -0.05) is 29.8 Å². The van der Waals surface area contributed by atoms with Crippen LogP contribution in [0.5, 0.6) is 0 Å². The van der Waals surface area contributed by atoms with Gasteiger partial charge < -0.3 is 0 Å². The molecule has 0 heterocycles. The summed E-state index contributed by atoms with van der Waals surface area (Å²) < 4.78 is 0. The number of nitrogens with zero attached hydrogens (tertiary/aromatic N) is 2. The van der Waals surface area contributed by atoms with Gasteiger partial charge in [-0.15, -0.1) is 5.11 Å². The van der Waals surface area contributed by atoms with E-state index in [1.54, 1.807) is 38.1 Å². The predicted octanol–water partition coefficient (Wildman–Crippen LogP) is 3.25. The second-order valence-corrected chi connectivity index (χ2v) is 4.21. The van der Waals surface area contributed by atoms with E-state index in [1.165, 1.54) is 0 Å². The molecule has 1 aromatic carbocycles. The van der Waals surface area contributed by atoms with Gasteiger partial charge in [-0.2, -0.15) is 5.11 Å². The van der Waals surface area contributed by atoms with Crippen molar-refractivity contribution in [2.75, 3.05) is 0 Å². The highest BCUT2D eigenvalue weighted by Gasteiger charge is 2.11. The number of azo groups is 1. The first kappa shape index (κ1) is 10.9. The summed E-state index contributed by atoms with van der Waals surface area (Å²) >= 11 is 5.75. The van der Waals surface area contributed by atoms with Gasteiger partial charge in [-0.3, -0.25) is 4.79 Å². The number of halogens is 1. The van der Waals surface area contributed by atoms with Gasteiger partial charge in [0.15, 0.2) is 0 Å². The molecule has 1 amide bonds. The van der Waals surface area contributed by atoms with Crippen molar-refractivity contribution < 1.29 is 4.79 Å². The van der Waals surface area contributed by atoms with Crippen LogP contribution in [-0.2, 0) is 0 Å². The van der Waals surface area contributed by atoms with Crippen LogP contribution in [0.1, 0.15) is 24.2 Å². The Bertz CT molecular complexity index is 341. The second kappa shape index (κ2) is 4.33. The molecule has 0 saturated carbocycles. The molecule has 0 spiro atoms. The van der Waals surface area contributed by atoms with Crippen molar-refractivity contribution in [1.29, 1.82) is 0 Å². The molecule has 0 N–H and O–H groups in total. The minimum atomic E-state index is -0.829. The van der Waals surface area contributed by atoms with Gasteiger partial charge in [0.1, 0.15) is 5.00 Å². The summed E-state index contributed by atoms with van der Waals surface area (Å²) in [5.41, 5.74) is 0.511. The molecule has 1 aromatic rings. The highest BCUT2D eigenvalue weighted by Crippen LogP contribution is 2.15. The maximum atomic E-state index is 11.4. The van der Waals surface area contributed by atoms with Crippen LogP contribution in [0.4, 0.5) is 0 Å². The normalized spacial score (nSPS) is 11.9. The van der Waals surface area contributed by atoms with Crippen LogP contribution >= 0.6 is 11.6 Å². The third kappa shape index (κ3) is 3.66. The van der Waals surface area contributed by atoms with Gasteiger partial charge in [-0.25, -0.2) is 0 Å². The Kier molecular flexibility index (Phi) is 3.36. The summed E-state index contributed by atoms with van der Waals surface area (Å²) in [6, 6.07) is 8.74. The Morgan fingerprint density at radius 3 is 2.36 bits per heavy atom. The van der Waals surface area contributed by atoms with Crippen LogP contribution in [0.25, 0.3) is 0 Å². The topological polar surface area (TPSA) is 41.8 Å². The lowest BCUT2D eigenvalue weighted by Crippen LogP contribution is -2.05. The average Bonchev–Trinajstić information content (AvgIpc) is 2.14. The number of rotatable bonds is 2. The van der Waals surface area contributed by atoms with Gasteiger partial charge in [-0.05, 0) is 26.0 Å². The number of carbonyl (C=O) groups is 1. The average molecular weight is 211 g/mol. The molecule has 1 rings (SSSR count). The largest absolute Gasteiger partial charge is 0.295 e. The van der Waals surface area contributed by atoms with Crippen molar-refractivity contribution in [2.24, 2.45) is 10.2 Å². The number of amides is 1. The van der Waals surface area contributed by atoms with Gasteiger partial charge in [0.25, 0.3) is 5.91 Å². The van der Waals surface area contributed by atoms with E-state index in [2.05, 4.69) is 10.2 Å². The molecular weight excluding hydrogens is 200 g/mol. The summed E-state index contributed by atoms with van der Waals surface area (Å²) in [6.45, 7) is 3.33. The van der Waals surface area contributed by atoms with Crippen LogP contribution in [0.3, 0.4) is 0 Å². The fraction of sp³-hybridized carbons (Fsp3) is 0.300. The first-order chi connectivity index (χ1) is 6.49. The van der Waals surface area contributed by atoms with Crippen LogP contribution in [-0.4, -0.2) is 10.9 Å². The van der Waals surface area contributed by atoms with Gasteiger partial charge in [0.05, 0.1) is 0 Å². The molecule has 0 bridgehead atoms. The van der Waals surface area contributed by atoms with E-state index in [-0.39, 0.29) is 5.91 Å². The smallest absolute Gasteiger partial charge is 0.265 e. The Hall–Kier alpha value is -1.22. The number of hydrogen-bond donors (Lipinski definition) is 0. The van der Waals surface area contributed by atoms with Crippen LogP contribution in [0, 0.1) is 0 Å². The molecule has 74 valence electrons. The van der Waals surface area contributed by atoms with E-state index in [1.807, 2.05) is 6.07 Å². The lowest BCUT2D eigenvalue weighted by atomic mass is 10.2. The third-order valence-electron chi connectivity index (χ3n) is 1.40. The summed E-state index contributed by atoms with van der Waals surface area (Å²) in [6.07, 6.45) is 0. The molecule has 0 unspecified atom stereocenters. The molecule has 4 heteroatoms. The maximum absolute atomic E-state index is 11.4. The molecule has 0 atom stereocenters. The zero-order chi connectivity index (χ0) is 10.6. The lowest BCUT2D eigenvalue weighted by Gasteiger charge is -2.05. The molecule has 14 heavy (non-hydrogen) atoms. The van der Waals surface area contributed by atoms with Crippen molar-refractivity contribution in [3.8, 4) is 0 Å². The van der Waals surface area contributed by atoms with Crippen LogP contribution in [0.15, 0.2) is 40.6 Å². The van der Waals surface area contributed by atoms with E-state index in [9.17, 15) is 4.79 Å². The Labute approximate surface area is 87.8 Å². The molecule has 0 aliphatic carbocycles.